The van der Waals surface area contributed by atoms with Gasteiger partial charge in [0.15, 0.2) is 5.76 Å². The number of nitrogens with one attached hydrogen (secondary N) is 1. The Morgan fingerprint density at radius 1 is 1.35 bits per heavy atom. The minimum absolute atomic E-state index is 0.372. The molecule has 0 saturated heterocycles. The van der Waals surface area contributed by atoms with Gasteiger partial charge in [-0.05, 0) is 36.4 Å². The molecule has 0 atom stereocenters. The first-order chi connectivity index (χ1) is 12.6. The average Bonchev–Trinajstić information content (AvgIpc) is 3.08. The van der Waals surface area contributed by atoms with E-state index in [4.69, 9.17) is 9.15 Å². The molecular weight excluding hydrogens is 350 g/mol. The molecule has 1 aromatic heterocycles. The quantitative estimate of drug-likeness (QED) is 0.346. The number of benzene rings is 1. The first-order valence-electron chi connectivity index (χ1n) is 8.76. The first-order valence-corrected chi connectivity index (χ1v) is 9.53. The number of oxazole rings is 1. The van der Waals surface area contributed by atoms with Gasteiger partial charge >= 0.3 is 0 Å². The fourth-order valence-corrected chi connectivity index (χ4v) is 3.61. The summed E-state index contributed by atoms with van der Waals surface area (Å²) in [6, 6.07) is 8.27. The summed E-state index contributed by atoms with van der Waals surface area (Å²) >= 11 is 1.74. The molecule has 1 aromatic carbocycles. The van der Waals surface area contributed by atoms with Gasteiger partial charge in [0.2, 0.25) is 12.3 Å². The summed E-state index contributed by atoms with van der Waals surface area (Å²) in [7, 11) is 1.62. The van der Waals surface area contributed by atoms with E-state index in [1.807, 2.05) is 12.1 Å². The Morgan fingerprint density at radius 3 is 2.77 bits per heavy atom. The van der Waals surface area contributed by atoms with Crippen molar-refractivity contribution >= 4 is 18.4 Å². The molecule has 7 heteroatoms. The predicted molar refractivity (Wildman–Crippen MR) is 104 cm³/mol. The third-order valence-electron chi connectivity index (χ3n) is 3.58. The summed E-state index contributed by atoms with van der Waals surface area (Å²) in [5.74, 6) is 1.90. The van der Waals surface area contributed by atoms with Gasteiger partial charge in [0.1, 0.15) is 6.61 Å². The Kier molecular flexibility index (Phi) is 8.67. The van der Waals surface area contributed by atoms with Crippen molar-refractivity contribution in [1.82, 2.24) is 14.6 Å². The van der Waals surface area contributed by atoms with Crippen LogP contribution < -0.4 is 5.32 Å². The molecule has 0 fully saturated rings. The van der Waals surface area contributed by atoms with Crippen molar-refractivity contribution < 1.29 is 13.9 Å². The molecule has 0 unspecified atom stereocenters. The van der Waals surface area contributed by atoms with E-state index in [-0.39, 0.29) is 0 Å². The van der Waals surface area contributed by atoms with Gasteiger partial charge in [-0.2, -0.15) is 0 Å². The van der Waals surface area contributed by atoms with Crippen LogP contribution in [-0.2, 0) is 16.1 Å². The van der Waals surface area contributed by atoms with Gasteiger partial charge in [0.25, 0.3) is 0 Å². The standard InChI is InChI=1S/C19H27N3O3S/c1-15(2)12-22(10-4-9-20-14-23)26-17-7-5-16(6-8-17)18-11-21-19(25-18)13-24-3/h5-8,11,14-15H,4,9-10,12-13H2,1-3H3,(H,20,23). The lowest BCUT2D eigenvalue weighted by Crippen LogP contribution is -2.25. The maximum Gasteiger partial charge on any atom is 0.220 e. The summed E-state index contributed by atoms with van der Waals surface area (Å²) in [4.78, 5) is 15.7. The summed E-state index contributed by atoms with van der Waals surface area (Å²) in [5, 5.41) is 2.72. The highest BCUT2D eigenvalue weighted by Crippen LogP contribution is 2.27. The molecule has 1 amide bonds. The second kappa shape index (κ2) is 11.0. The fraction of sp³-hybridized carbons (Fsp3) is 0.474. The molecular formula is C19H27N3O3S. The number of nitrogens with zero attached hydrogens (tertiary/aromatic N) is 2. The molecule has 2 rings (SSSR count). The molecule has 1 N–H and O–H groups in total. The van der Waals surface area contributed by atoms with Crippen molar-refractivity contribution in [2.45, 2.75) is 31.8 Å². The molecule has 1 heterocycles. The summed E-state index contributed by atoms with van der Waals surface area (Å²) in [5.41, 5.74) is 0.995. The molecule has 2 aromatic rings. The molecule has 0 aliphatic carbocycles. The van der Waals surface area contributed by atoms with E-state index in [9.17, 15) is 4.79 Å². The van der Waals surface area contributed by atoms with Crippen LogP contribution in [0, 0.1) is 5.92 Å². The zero-order valence-corrected chi connectivity index (χ0v) is 16.4. The molecule has 0 aliphatic heterocycles. The summed E-state index contributed by atoms with van der Waals surface area (Å²) in [6.07, 6.45) is 3.40. The average molecular weight is 378 g/mol. The number of methoxy groups -OCH3 is 1. The largest absolute Gasteiger partial charge is 0.438 e. The summed E-state index contributed by atoms with van der Waals surface area (Å²) < 4.78 is 13.0. The zero-order valence-electron chi connectivity index (χ0n) is 15.6. The smallest absolute Gasteiger partial charge is 0.220 e. The maximum atomic E-state index is 10.4. The molecule has 0 bridgehead atoms. The van der Waals surface area contributed by atoms with Gasteiger partial charge in [0, 0.05) is 37.2 Å². The Labute approximate surface area is 159 Å². The number of rotatable bonds is 12. The number of hydrogen-bond donors (Lipinski definition) is 1. The Hall–Kier alpha value is -1.83. The van der Waals surface area contributed by atoms with Crippen LogP contribution in [0.2, 0.25) is 0 Å². The van der Waals surface area contributed by atoms with Crippen molar-refractivity contribution in [2.24, 2.45) is 5.92 Å². The zero-order chi connectivity index (χ0) is 18.8. The number of aromatic nitrogens is 1. The van der Waals surface area contributed by atoms with Crippen LogP contribution in [0.1, 0.15) is 26.2 Å². The van der Waals surface area contributed by atoms with Gasteiger partial charge in [-0.25, -0.2) is 9.29 Å². The van der Waals surface area contributed by atoms with E-state index >= 15 is 0 Å². The predicted octanol–water partition coefficient (Wildman–Crippen LogP) is 3.59. The Balaban J connectivity index is 1.96. The first kappa shape index (κ1) is 20.5. The number of carbonyl (C=O) groups excluding carboxylic acids is 1. The van der Waals surface area contributed by atoms with Crippen LogP contribution in [0.15, 0.2) is 39.8 Å². The molecule has 0 radical (unpaired) electrons. The van der Waals surface area contributed by atoms with Gasteiger partial charge in [-0.3, -0.25) is 4.79 Å². The van der Waals surface area contributed by atoms with E-state index in [0.717, 1.165) is 37.2 Å². The normalized spacial score (nSPS) is 11.3. The minimum atomic E-state index is 0.372. The van der Waals surface area contributed by atoms with E-state index in [2.05, 4.69) is 40.6 Å². The van der Waals surface area contributed by atoms with Gasteiger partial charge in [0.05, 0.1) is 6.20 Å². The van der Waals surface area contributed by atoms with E-state index < -0.39 is 0 Å². The maximum absolute atomic E-state index is 10.4. The number of ether oxygens (including phenoxy) is 1. The SMILES string of the molecule is COCc1ncc(-c2ccc(SN(CCCNC=O)CC(C)C)cc2)o1. The second-order valence-electron chi connectivity index (χ2n) is 6.37. The molecule has 26 heavy (non-hydrogen) atoms. The van der Waals surface area contributed by atoms with Gasteiger partial charge < -0.3 is 14.5 Å². The van der Waals surface area contributed by atoms with Crippen LogP contribution in [0.25, 0.3) is 11.3 Å². The topological polar surface area (TPSA) is 67.6 Å². The van der Waals surface area contributed by atoms with Gasteiger partial charge in [-0.15, -0.1) is 0 Å². The van der Waals surface area contributed by atoms with Crippen LogP contribution in [-0.4, -0.2) is 42.4 Å². The highest BCUT2D eigenvalue weighted by molar-refractivity contribution is 7.97. The van der Waals surface area contributed by atoms with Crippen LogP contribution in [0.3, 0.4) is 0 Å². The van der Waals surface area contributed by atoms with Crippen molar-refractivity contribution in [3.63, 3.8) is 0 Å². The minimum Gasteiger partial charge on any atom is -0.438 e. The van der Waals surface area contributed by atoms with Crippen LogP contribution in [0.5, 0.6) is 0 Å². The lowest BCUT2D eigenvalue weighted by molar-refractivity contribution is -0.109. The van der Waals surface area contributed by atoms with Crippen molar-refractivity contribution in [3.05, 3.63) is 36.4 Å². The lowest BCUT2D eigenvalue weighted by atomic mass is 10.2. The monoisotopic (exact) mass is 377 g/mol. The van der Waals surface area contributed by atoms with Crippen LogP contribution in [0.4, 0.5) is 0 Å². The number of amides is 1. The van der Waals surface area contributed by atoms with Crippen molar-refractivity contribution in [2.75, 3.05) is 26.7 Å². The fourth-order valence-electron chi connectivity index (χ4n) is 2.46. The number of carbonyl (C=O) groups is 1. The third kappa shape index (κ3) is 6.82. The third-order valence-corrected chi connectivity index (χ3v) is 4.65. The highest BCUT2D eigenvalue weighted by atomic mass is 32.2. The molecule has 142 valence electrons. The summed E-state index contributed by atoms with van der Waals surface area (Å²) in [6.45, 7) is 7.41. The molecule has 0 saturated carbocycles. The second-order valence-corrected chi connectivity index (χ2v) is 7.54. The van der Waals surface area contributed by atoms with E-state index in [0.29, 0.717) is 25.0 Å². The van der Waals surface area contributed by atoms with Crippen LogP contribution >= 0.6 is 11.9 Å². The highest BCUT2D eigenvalue weighted by Gasteiger charge is 2.11. The Morgan fingerprint density at radius 2 is 2.12 bits per heavy atom. The molecule has 0 aliphatic rings. The molecule has 0 spiro atoms. The van der Waals surface area contributed by atoms with E-state index in [1.165, 1.54) is 4.90 Å². The number of hydrogen-bond acceptors (Lipinski definition) is 6. The van der Waals surface area contributed by atoms with Crippen molar-refractivity contribution in [3.8, 4) is 11.3 Å². The van der Waals surface area contributed by atoms with E-state index in [1.54, 1.807) is 25.3 Å². The molecule has 6 nitrogen and oxygen atoms in total. The van der Waals surface area contributed by atoms with Crippen molar-refractivity contribution in [1.29, 1.82) is 0 Å². The Bertz CT molecular complexity index is 658. The van der Waals surface area contributed by atoms with Gasteiger partial charge in [-0.1, -0.05) is 26.0 Å². The lowest BCUT2D eigenvalue weighted by Gasteiger charge is -2.23.